The van der Waals surface area contributed by atoms with Crippen LogP contribution < -0.4 is 10.5 Å². The summed E-state index contributed by atoms with van der Waals surface area (Å²) in [4.78, 5) is 15.9. The van der Waals surface area contributed by atoms with Crippen LogP contribution in [0.15, 0.2) is 67.1 Å². The number of imidazole rings is 1. The molecule has 40 heavy (non-hydrogen) atoms. The molecule has 214 valence electrons. The van der Waals surface area contributed by atoms with Crippen molar-refractivity contribution in [1.29, 1.82) is 0 Å². The summed E-state index contributed by atoms with van der Waals surface area (Å²) in [5.41, 5.74) is 9.58. The molecule has 2 N–H and O–H groups in total. The number of aryl methyl sites for hydroxylation is 3. The number of amides is 1. The van der Waals surface area contributed by atoms with E-state index in [0.29, 0.717) is 13.0 Å². The molecule has 8 heteroatoms. The molecule has 4 rings (SSSR count). The SMILES string of the molecule is C[C@H](O[Si](C)(C)C(C)(C)C)[C@@H](CCOc1ccc2c(c1)cc(CCc1ccccc1)n2C)n1cnc(C(N)=O)c1. The van der Waals surface area contributed by atoms with Gasteiger partial charge < -0.3 is 24.0 Å². The zero-order valence-electron chi connectivity index (χ0n) is 25.0. The van der Waals surface area contributed by atoms with Crippen molar-refractivity contribution in [2.75, 3.05) is 6.61 Å². The summed E-state index contributed by atoms with van der Waals surface area (Å²) < 4.78 is 17.2. The van der Waals surface area contributed by atoms with Gasteiger partial charge >= 0.3 is 0 Å². The van der Waals surface area contributed by atoms with Crippen molar-refractivity contribution >= 4 is 25.1 Å². The van der Waals surface area contributed by atoms with E-state index in [1.807, 2.05) is 10.6 Å². The van der Waals surface area contributed by atoms with E-state index in [1.54, 1.807) is 12.5 Å². The lowest BCUT2D eigenvalue weighted by atomic mass is 10.1. The van der Waals surface area contributed by atoms with Crippen LogP contribution in [-0.2, 0) is 24.3 Å². The van der Waals surface area contributed by atoms with E-state index in [1.165, 1.54) is 22.2 Å². The fourth-order valence-electron chi connectivity index (χ4n) is 4.92. The molecule has 0 spiro atoms. The van der Waals surface area contributed by atoms with E-state index in [0.717, 1.165) is 18.6 Å². The van der Waals surface area contributed by atoms with Crippen molar-refractivity contribution in [3.63, 3.8) is 0 Å². The molecule has 2 heterocycles. The topological polar surface area (TPSA) is 84.3 Å². The van der Waals surface area contributed by atoms with E-state index in [4.69, 9.17) is 14.9 Å². The molecule has 0 aliphatic carbocycles. The monoisotopic (exact) mass is 560 g/mol. The zero-order chi connectivity index (χ0) is 29.1. The van der Waals surface area contributed by atoms with Crippen LogP contribution in [0, 0.1) is 0 Å². The van der Waals surface area contributed by atoms with Gasteiger partial charge in [-0.15, -0.1) is 0 Å². The van der Waals surface area contributed by atoms with E-state index in [9.17, 15) is 4.79 Å². The first-order valence-corrected chi connectivity index (χ1v) is 17.0. The lowest BCUT2D eigenvalue weighted by Gasteiger charge is -2.40. The maximum absolute atomic E-state index is 11.7. The highest BCUT2D eigenvalue weighted by atomic mass is 28.4. The predicted molar refractivity (Wildman–Crippen MR) is 164 cm³/mol. The number of fused-ring (bicyclic) bond motifs is 1. The smallest absolute Gasteiger partial charge is 0.268 e. The highest BCUT2D eigenvalue weighted by Gasteiger charge is 2.40. The van der Waals surface area contributed by atoms with Crippen LogP contribution in [-0.4, -0.2) is 41.1 Å². The molecule has 2 aromatic heterocycles. The molecule has 2 aromatic carbocycles. The third-order valence-electron chi connectivity index (χ3n) is 8.37. The molecule has 0 radical (unpaired) electrons. The number of carbonyl (C=O) groups is 1. The summed E-state index contributed by atoms with van der Waals surface area (Å²) in [6, 6.07) is 19.1. The quantitative estimate of drug-likeness (QED) is 0.196. The van der Waals surface area contributed by atoms with Gasteiger partial charge in [0.25, 0.3) is 5.91 Å². The van der Waals surface area contributed by atoms with Crippen LogP contribution in [0.3, 0.4) is 0 Å². The van der Waals surface area contributed by atoms with Gasteiger partial charge in [0.05, 0.1) is 25.1 Å². The molecule has 7 nitrogen and oxygen atoms in total. The van der Waals surface area contributed by atoms with E-state index >= 15 is 0 Å². The highest BCUT2D eigenvalue weighted by Crippen LogP contribution is 2.39. The van der Waals surface area contributed by atoms with Crippen LogP contribution in [0.2, 0.25) is 18.1 Å². The van der Waals surface area contributed by atoms with Crippen LogP contribution in [0.25, 0.3) is 10.9 Å². The summed E-state index contributed by atoms with van der Waals surface area (Å²) >= 11 is 0. The Morgan fingerprint density at radius 2 is 1.80 bits per heavy atom. The number of carbonyl (C=O) groups excluding carboxylic acids is 1. The summed E-state index contributed by atoms with van der Waals surface area (Å²) in [6.45, 7) is 13.8. The van der Waals surface area contributed by atoms with Crippen LogP contribution in [0.1, 0.15) is 61.9 Å². The van der Waals surface area contributed by atoms with Gasteiger partial charge in [-0.2, -0.15) is 0 Å². The zero-order valence-corrected chi connectivity index (χ0v) is 26.0. The van der Waals surface area contributed by atoms with Gasteiger partial charge in [-0.05, 0) is 67.7 Å². The van der Waals surface area contributed by atoms with E-state index in [-0.39, 0.29) is 22.9 Å². The molecule has 0 unspecified atom stereocenters. The summed E-state index contributed by atoms with van der Waals surface area (Å²) in [6.07, 6.45) is 5.98. The summed E-state index contributed by atoms with van der Waals surface area (Å²) in [7, 11) is 0.115. The molecule has 0 aliphatic heterocycles. The van der Waals surface area contributed by atoms with Gasteiger partial charge in [-0.25, -0.2) is 4.98 Å². The summed E-state index contributed by atoms with van der Waals surface area (Å²) in [5, 5.41) is 1.26. The fourth-order valence-corrected chi connectivity index (χ4v) is 6.36. The average Bonchev–Trinajstić information content (AvgIpc) is 3.50. The molecule has 2 atom stereocenters. The highest BCUT2D eigenvalue weighted by molar-refractivity contribution is 6.74. The lowest BCUT2D eigenvalue weighted by Crippen LogP contribution is -2.45. The Morgan fingerprint density at radius 1 is 1.07 bits per heavy atom. The Labute approximate surface area is 239 Å². The Balaban J connectivity index is 1.46. The number of ether oxygens (including phenoxy) is 1. The number of hydrogen-bond acceptors (Lipinski definition) is 4. The van der Waals surface area contributed by atoms with Crippen molar-refractivity contribution in [1.82, 2.24) is 14.1 Å². The van der Waals surface area contributed by atoms with Crippen molar-refractivity contribution < 1.29 is 14.0 Å². The van der Waals surface area contributed by atoms with E-state index in [2.05, 4.69) is 106 Å². The second-order valence-electron chi connectivity index (χ2n) is 12.3. The van der Waals surface area contributed by atoms with Crippen molar-refractivity contribution in [3.8, 4) is 5.75 Å². The molecule has 4 aromatic rings. The maximum atomic E-state index is 11.7. The second-order valence-corrected chi connectivity index (χ2v) is 17.0. The van der Waals surface area contributed by atoms with Gasteiger partial charge in [0.2, 0.25) is 0 Å². The normalized spacial score (nSPS) is 13.9. The Kier molecular flexibility index (Phi) is 8.90. The number of nitrogens with zero attached hydrogens (tertiary/aromatic N) is 3. The molecule has 1 amide bonds. The maximum Gasteiger partial charge on any atom is 0.268 e. The molecule has 0 saturated heterocycles. The third kappa shape index (κ3) is 6.85. The Morgan fingerprint density at radius 3 is 2.45 bits per heavy atom. The average molecular weight is 561 g/mol. The van der Waals surface area contributed by atoms with Crippen molar-refractivity contribution in [2.45, 2.75) is 77.2 Å². The molecule has 0 fully saturated rings. The first-order chi connectivity index (χ1) is 18.9. The van der Waals surface area contributed by atoms with Crippen LogP contribution in [0.5, 0.6) is 5.75 Å². The number of hydrogen-bond donors (Lipinski definition) is 1. The number of aromatic nitrogens is 3. The van der Waals surface area contributed by atoms with Gasteiger partial charge in [0.15, 0.2) is 8.32 Å². The van der Waals surface area contributed by atoms with Gasteiger partial charge in [0, 0.05) is 36.3 Å². The second kappa shape index (κ2) is 12.0. The minimum absolute atomic E-state index is 0.0558. The van der Waals surface area contributed by atoms with Gasteiger partial charge in [0.1, 0.15) is 11.4 Å². The number of rotatable bonds is 12. The predicted octanol–water partition coefficient (Wildman–Crippen LogP) is 6.68. The minimum atomic E-state index is -2.01. The molecular formula is C32H44N4O3Si. The van der Waals surface area contributed by atoms with Crippen LogP contribution in [0.4, 0.5) is 0 Å². The van der Waals surface area contributed by atoms with E-state index < -0.39 is 14.2 Å². The lowest BCUT2D eigenvalue weighted by molar-refractivity contribution is 0.0994. The third-order valence-corrected chi connectivity index (χ3v) is 12.9. The first kappa shape index (κ1) is 29.6. The molecule has 0 aliphatic rings. The Hall–Kier alpha value is -3.36. The number of nitrogens with two attached hydrogens (primary N) is 1. The van der Waals surface area contributed by atoms with Crippen molar-refractivity contribution in [3.05, 3.63) is 84.1 Å². The largest absolute Gasteiger partial charge is 0.493 e. The molecule has 0 bridgehead atoms. The first-order valence-electron chi connectivity index (χ1n) is 14.1. The summed E-state index contributed by atoms with van der Waals surface area (Å²) in [5.74, 6) is 0.305. The van der Waals surface area contributed by atoms with Gasteiger partial charge in [-0.3, -0.25) is 4.79 Å². The molecule has 0 saturated carbocycles. The van der Waals surface area contributed by atoms with Gasteiger partial charge in [-0.1, -0.05) is 51.1 Å². The van der Waals surface area contributed by atoms with Crippen molar-refractivity contribution in [2.24, 2.45) is 12.8 Å². The fraction of sp³-hybridized carbons (Fsp3) is 0.438. The molecular weight excluding hydrogens is 516 g/mol. The Bertz CT molecular complexity index is 1440. The number of primary amides is 1. The standard InChI is InChI=1S/C32H44N4O3Si/c1-23(39-40(6,7)32(2,3)4)29(36-21-28(31(33)37)34-22-36)17-18-38-27-15-16-30-25(20-27)19-26(35(30)5)14-13-24-11-9-8-10-12-24/h8-12,15-16,19-23,29H,13-14,17-18H2,1-7H3,(H2,33,37)/t23-,29+/m0/s1. The minimum Gasteiger partial charge on any atom is -0.493 e. The number of benzene rings is 2. The van der Waals surface area contributed by atoms with Crippen LogP contribution >= 0.6 is 0 Å².